The first-order chi connectivity index (χ1) is 6.63. The van der Waals surface area contributed by atoms with E-state index in [0.717, 1.165) is 0 Å². The normalized spacial score (nSPS) is 10.3. The number of hydrogen-bond donors (Lipinski definition) is 1. The van der Waals surface area contributed by atoms with Crippen LogP contribution in [0.15, 0.2) is 24.3 Å². The van der Waals surface area contributed by atoms with E-state index in [1.54, 1.807) is 38.1 Å². The van der Waals surface area contributed by atoms with Crippen LogP contribution in [-0.2, 0) is 11.3 Å². The highest BCUT2D eigenvalue weighted by Crippen LogP contribution is 2.07. The van der Waals surface area contributed by atoms with Crippen LogP contribution in [0, 0.1) is 0 Å². The summed E-state index contributed by atoms with van der Waals surface area (Å²) in [4.78, 5) is 11.4. The summed E-state index contributed by atoms with van der Waals surface area (Å²) in [6.45, 7) is 3.53. The van der Waals surface area contributed by atoms with Gasteiger partial charge in [0, 0.05) is 0 Å². The zero-order valence-electron chi connectivity index (χ0n) is 8.36. The molecule has 76 valence electrons. The predicted octanol–water partition coefficient (Wildman–Crippen LogP) is 1.74. The standard InChI is InChI=1S/C11H14O3/c1-8(2)14-11(13)10-5-3-4-9(6-10)7-12/h3-6,8,12H,7H2,1-2H3. The Labute approximate surface area is 83.3 Å². The van der Waals surface area contributed by atoms with Gasteiger partial charge in [-0.1, -0.05) is 12.1 Å². The summed E-state index contributed by atoms with van der Waals surface area (Å²) in [6.07, 6.45) is -0.125. The van der Waals surface area contributed by atoms with Crippen molar-refractivity contribution < 1.29 is 14.6 Å². The van der Waals surface area contributed by atoms with Crippen molar-refractivity contribution in [3.05, 3.63) is 35.4 Å². The predicted molar refractivity (Wildman–Crippen MR) is 52.9 cm³/mol. The molecule has 0 saturated carbocycles. The van der Waals surface area contributed by atoms with Crippen LogP contribution in [0.4, 0.5) is 0 Å². The zero-order chi connectivity index (χ0) is 10.6. The largest absolute Gasteiger partial charge is 0.459 e. The van der Waals surface area contributed by atoms with Gasteiger partial charge >= 0.3 is 5.97 Å². The van der Waals surface area contributed by atoms with Gasteiger partial charge in [0.1, 0.15) is 0 Å². The molecule has 1 N–H and O–H groups in total. The Kier molecular flexibility index (Phi) is 3.65. The number of aliphatic hydroxyl groups excluding tert-OH is 1. The van der Waals surface area contributed by atoms with E-state index in [0.29, 0.717) is 11.1 Å². The molecule has 0 saturated heterocycles. The highest BCUT2D eigenvalue weighted by Gasteiger charge is 2.08. The maximum Gasteiger partial charge on any atom is 0.338 e. The summed E-state index contributed by atoms with van der Waals surface area (Å²) in [7, 11) is 0. The van der Waals surface area contributed by atoms with Gasteiger partial charge in [0.25, 0.3) is 0 Å². The van der Waals surface area contributed by atoms with Crippen LogP contribution in [0.25, 0.3) is 0 Å². The molecule has 0 radical (unpaired) electrons. The van der Waals surface area contributed by atoms with Crippen LogP contribution < -0.4 is 0 Å². The lowest BCUT2D eigenvalue weighted by Crippen LogP contribution is -2.11. The quantitative estimate of drug-likeness (QED) is 0.745. The van der Waals surface area contributed by atoms with Crippen molar-refractivity contribution in [1.82, 2.24) is 0 Å². The van der Waals surface area contributed by atoms with E-state index in [9.17, 15) is 4.79 Å². The van der Waals surface area contributed by atoms with Crippen molar-refractivity contribution in [3.8, 4) is 0 Å². The van der Waals surface area contributed by atoms with E-state index in [1.165, 1.54) is 0 Å². The molecule has 0 bridgehead atoms. The minimum Gasteiger partial charge on any atom is -0.459 e. The molecule has 0 fully saturated rings. The fourth-order valence-corrected chi connectivity index (χ4v) is 1.08. The Morgan fingerprint density at radius 2 is 2.21 bits per heavy atom. The maximum atomic E-state index is 11.4. The second-order valence-corrected chi connectivity index (χ2v) is 3.31. The van der Waals surface area contributed by atoms with Crippen molar-refractivity contribution in [3.63, 3.8) is 0 Å². The molecule has 1 aromatic rings. The molecule has 0 amide bonds. The Morgan fingerprint density at radius 3 is 2.79 bits per heavy atom. The van der Waals surface area contributed by atoms with Crippen LogP contribution in [0.2, 0.25) is 0 Å². The third-order valence-electron chi connectivity index (χ3n) is 1.69. The molecule has 3 heteroatoms. The second kappa shape index (κ2) is 4.77. The van der Waals surface area contributed by atoms with E-state index >= 15 is 0 Å². The number of rotatable bonds is 3. The average molecular weight is 194 g/mol. The lowest BCUT2D eigenvalue weighted by Gasteiger charge is -2.08. The summed E-state index contributed by atoms with van der Waals surface area (Å²) >= 11 is 0. The zero-order valence-corrected chi connectivity index (χ0v) is 8.36. The monoisotopic (exact) mass is 194 g/mol. The van der Waals surface area contributed by atoms with E-state index in [1.807, 2.05) is 0 Å². The number of benzene rings is 1. The first-order valence-corrected chi connectivity index (χ1v) is 4.54. The van der Waals surface area contributed by atoms with Gasteiger partial charge in [0.2, 0.25) is 0 Å². The molecule has 0 heterocycles. The molecule has 3 nitrogen and oxygen atoms in total. The highest BCUT2D eigenvalue weighted by molar-refractivity contribution is 5.89. The van der Waals surface area contributed by atoms with Crippen LogP contribution in [0.3, 0.4) is 0 Å². The maximum absolute atomic E-state index is 11.4. The minimum absolute atomic E-state index is 0.0667. The average Bonchev–Trinajstić information content (AvgIpc) is 2.17. The summed E-state index contributed by atoms with van der Waals surface area (Å²) in [5.41, 5.74) is 1.19. The van der Waals surface area contributed by atoms with Crippen LogP contribution in [0.1, 0.15) is 29.8 Å². The summed E-state index contributed by atoms with van der Waals surface area (Å²) < 4.78 is 5.02. The molecule has 1 rings (SSSR count). The smallest absolute Gasteiger partial charge is 0.338 e. The van der Waals surface area contributed by atoms with Crippen molar-refractivity contribution in [2.24, 2.45) is 0 Å². The van der Waals surface area contributed by atoms with Crippen molar-refractivity contribution in [2.45, 2.75) is 26.6 Å². The van der Waals surface area contributed by atoms with Gasteiger partial charge in [0.15, 0.2) is 0 Å². The highest BCUT2D eigenvalue weighted by atomic mass is 16.5. The van der Waals surface area contributed by atoms with Gasteiger partial charge in [-0.15, -0.1) is 0 Å². The number of aliphatic hydroxyl groups is 1. The number of esters is 1. The Balaban J connectivity index is 2.79. The van der Waals surface area contributed by atoms with E-state index in [2.05, 4.69) is 0 Å². The van der Waals surface area contributed by atoms with Gasteiger partial charge in [0.05, 0.1) is 18.3 Å². The Bertz CT molecular complexity index is 318. The summed E-state index contributed by atoms with van der Waals surface area (Å²) in [5, 5.41) is 8.87. The van der Waals surface area contributed by atoms with Gasteiger partial charge in [-0.05, 0) is 31.5 Å². The third-order valence-corrected chi connectivity index (χ3v) is 1.69. The molecule has 1 aromatic carbocycles. The number of carbonyl (C=O) groups is 1. The molecule has 0 aliphatic heterocycles. The molecule has 14 heavy (non-hydrogen) atoms. The van der Waals surface area contributed by atoms with Gasteiger partial charge in [-0.2, -0.15) is 0 Å². The van der Waals surface area contributed by atoms with Crippen molar-refractivity contribution in [1.29, 1.82) is 0 Å². The van der Waals surface area contributed by atoms with Gasteiger partial charge in [-0.25, -0.2) is 4.79 Å². The third kappa shape index (κ3) is 2.85. The molecule has 0 aliphatic rings. The first-order valence-electron chi connectivity index (χ1n) is 4.54. The Hall–Kier alpha value is -1.35. The Morgan fingerprint density at radius 1 is 1.50 bits per heavy atom. The molecule has 0 aliphatic carbocycles. The lowest BCUT2D eigenvalue weighted by atomic mass is 10.1. The fraction of sp³-hybridized carbons (Fsp3) is 0.364. The number of carbonyl (C=O) groups excluding carboxylic acids is 1. The molecule has 0 aromatic heterocycles. The van der Waals surface area contributed by atoms with E-state index < -0.39 is 0 Å². The van der Waals surface area contributed by atoms with Gasteiger partial charge < -0.3 is 9.84 Å². The first kappa shape index (κ1) is 10.7. The van der Waals surface area contributed by atoms with Gasteiger partial charge in [-0.3, -0.25) is 0 Å². The van der Waals surface area contributed by atoms with E-state index in [4.69, 9.17) is 9.84 Å². The second-order valence-electron chi connectivity index (χ2n) is 3.31. The molecule has 0 spiro atoms. The SMILES string of the molecule is CC(C)OC(=O)c1cccc(CO)c1. The number of hydrogen-bond acceptors (Lipinski definition) is 3. The van der Waals surface area contributed by atoms with E-state index in [-0.39, 0.29) is 18.7 Å². The molecular formula is C11H14O3. The van der Waals surface area contributed by atoms with Crippen molar-refractivity contribution >= 4 is 5.97 Å². The van der Waals surface area contributed by atoms with Crippen molar-refractivity contribution in [2.75, 3.05) is 0 Å². The van der Waals surface area contributed by atoms with Crippen LogP contribution in [-0.4, -0.2) is 17.2 Å². The fourth-order valence-electron chi connectivity index (χ4n) is 1.08. The lowest BCUT2D eigenvalue weighted by molar-refractivity contribution is 0.0377. The summed E-state index contributed by atoms with van der Waals surface area (Å²) in [6, 6.07) is 6.78. The topological polar surface area (TPSA) is 46.5 Å². The molecular weight excluding hydrogens is 180 g/mol. The molecule has 0 atom stereocenters. The molecule has 0 unspecified atom stereocenters. The minimum atomic E-state index is -0.352. The number of ether oxygens (including phenoxy) is 1. The van der Waals surface area contributed by atoms with Crippen LogP contribution >= 0.6 is 0 Å². The summed E-state index contributed by atoms with van der Waals surface area (Å²) in [5.74, 6) is -0.352. The van der Waals surface area contributed by atoms with Crippen LogP contribution in [0.5, 0.6) is 0 Å².